The molecule has 0 radical (unpaired) electrons. The van der Waals surface area contributed by atoms with E-state index in [1.807, 2.05) is 11.3 Å². The van der Waals surface area contributed by atoms with Crippen LogP contribution < -0.4 is 4.40 Å². The Balaban J connectivity index is 1.70. The van der Waals surface area contributed by atoms with Crippen molar-refractivity contribution in [2.45, 2.75) is 56.8 Å². The van der Waals surface area contributed by atoms with Crippen LogP contribution in [0, 0.1) is 0 Å². The van der Waals surface area contributed by atoms with Crippen LogP contribution in [0.2, 0.25) is 17.3 Å². The van der Waals surface area contributed by atoms with E-state index < -0.39 is 13.3 Å². The van der Waals surface area contributed by atoms with Gasteiger partial charge in [0, 0.05) is 0 Å². The number of rotatable bonds is 6. The summed E-state index contributed by atoms with van der Waals surface area (Å²) < 4.78 is 5.34. The summed E-state index contributed by atoms with van der Waals surface area (Å²) in [5, 5.41) is 3.65. The first-order chi connectivity index (χ1) is 19.1. The third kappa shape index (κ3) is 4.73. The monoisotopic (exact) mass is 604 g/mol. The predicted molar refractivity (Wildman–Crippen MR) is 178 cm³/mol. The zero-order chi connectivity index (χ0) is 28.2. The van der Waals surface area contributed by atoms with E-state index in [1.165, 1.54) is 48.0 Å². The van der Waals surface area contributed by atoms with Crippen LogP contribution in [0.4, 0.5) is 0 Å². The molecule has 0 aliphatic rings. The number of thiophene rings is 1. The Kier molecular flexibility index (Phi) is 7.00. The Labute approximate surface area is 245 Å². The quantitative estimate of drug-likeness (QED) is 0.173. The van der Waals surface area contributed by atoms with Gasteiger partial charge in [0.25, 0.3) is 0 Å². The van der Waals surface area contributed by atoms with Crippen molar-refractivity contribution in [2.24, 2.45) is 0 Å². The molecule has 0 fully saturated rings. The summed E-state index contributed by atoms with van der Waals surface area (Å²) in [7, 11) is 0. The minimum atomic E-state index is -2.01. The number of imidazole rings is 1. The van der Waals surface area contributed by atoms with Crippen LogP contribution in [0.3, 0.4) is 0 Å². The first-order valence-corrected chi connectivity index (χ1v) is 22.6. The topological polar surface area (TPSA) is 17.8 Å². The molecule has 0 N–H and O–H groups in total. The molecule has 2 heterocycles. The maximum atomic E-state index is 5.34. The van der Waals surface area contributed by atoms with E-state index in [4.69, 9.17) is 4.98 Å². The van der Waals surface area contributed by atoms with Crippen molar-refractivity contribution in [2.75, 3.05) is 0 Å². The van der Waals surface area contributed by atoms with Crippen LogP contribution in [0.15, 0.2) is 90.3 Å². The van der Waals surface area contributed by atoms with Gasteiger partial charge in [-0.15, -0.1) is 0 Å². The van der Waals surface area contributed by atoms with E-state index in [-0.39, 0.29) is 0 Å². The second kappa shape index (κ2) is 10.4. The average molecular weight is 603 g/mol. The van der Waals surface area contributed by atoms with Gasteiger partial charge in [0.15, 0.2) is 0 Å². The number of aromatic nitrogens is 2. The second-order valence-electron chi connectivity index (χ2n) is 12.5. The first kappa shape index (κ1) is 27.0. The fraction of sp³-hybridized carbons (Fsp3) is 0.250. The normalized spacial score (nSPS) is 12.3. The summed E-state index contributed by atoms with van der Waals surface area (Å²) in [5.74, 6) is 9.17. The van der Waals surface area contributed by atoms with E-state index in [0.29, 0.717) is 11.8 Å². The molecule has 0 amide bonds. The zero-order valence-electron chi connectivity index (χ0n) is 24.6. The van der Waals surface area contributed by atoms with Gasteiger partial charge < -0.3 is 0 Å². The van der Waals surface area contributed by atoms with Gasteiger partial charge in [0.1, 0.15) is 0 Å². The number of nitrogens with zero attached hydrogens (tertiary/aromatic N) is 2. The molecule has 0 saturated heterocycles. The molecule has 2 nitrogen and oxygen atoms in total. The molecule has 2 aromatic heterocycles. The van der Waals surface area contributed by atoms with Crippen molar-refractivity contribution in [1.29, 1.82) is 0 Å². The first-order valence-electron chi connectivity index (χ1n) is 14.4. The van der Waals surface area contributed by atoms with E-state index >= 15 is 0 Å². The number of hydrogen-bond donors (Lipinski definition) is 0. The second-order valence-corrected chi connectivity index (χ2v) is 24.1. The van der Waals surface area contributed by atoms with Crippen LogP contribution in [0.1, 0.15) is 50.7 Å². The third-order valence-electron chi connectivity index (χ3n) is 7.98. The summed E-state index contributed by atoms with van der Waals surface area (Å²) in [6.45, 7) is 9.27. The Morgan fingerprint density at radius 3 is 2.02 bits per heavy atom. The van der Waals surface area contributed by atoms with Crippen molar-refractivity contribution in [3.8, 4) is 28.2 Å². The fourth-order valence-corrected chi connectivity index (χ4v) is 9.07. The minimum absolute atomic E-state index is 0.352. The third-order valence-corrected chi connectivity index (χ3v) is 13.2. The van der Waals surface area contributed by atoms with Gasteiger partial charge in [0.2, 0.25) is 0 Å². The summed E-state index contributed by atoms with van der Waals surface area (Å²) >= 11 is -0.177. The fourth-order valence-electron chi connectivity index (χ4n) is 5.72. The molecule has 0 bridgehead atoms. The molecule has 40 heavy (non-hydrogen) atoms. The molecule has 4 heteroatoms. The molecule has 0 saturated carbocycles. The molecular weight excluding hydrogens is 565 g/mol. The number of para-hydroxylation sites is 2. The van der Waals surface area contributed by atoms with Gasteiger partial charge in [0.05, 0.1) is 0 Å². The molecule has 6 aromatic rings. The van der Waals surface area contributed by atoms with Gasteiger partial charge in [-0.05, 0) is 0 Å². The van der Waals surface area contributed by atoms with Crippen LogP contribution >= 0.6 is 11.3 Å². The van der Waals surface area contributed by atoms with Gasteiger partial charge in [-0.25, -0.2) is 0 Å². The van der Waals surface area contributed by atoms with Crippen LogP contribution in [-0.2, 0) is 0 Å². The van der Waals surface area contributed by atoms with E-state index in [2.05, 4.69) is 140 Å². The van der Waals surface area contributed by atoms with Crippen LogP contribution in [0.25, 0.3) is 49.3 Å². The Hall–Kier alpha value is -3.15. The van der Waals surface area contributed by atoms with Gasteiger partial charge in [-0.1, -0.05) is 18.2 Å². The standard InChI is InChI=1S/C36H38GeN2S/c1-23(2)28-19-26(25-13-9-8-10-14-25)20-29(24(3)4)35(28)39-33-16-12-11-15-32(33)38-36(39)31-22-40-34-18-17-27(21-30(31)34)37(5,6)7/h8-24H,1-7H3. The van der Waals surface area contributed by atoms with E-state index in [9.17, 15) is 0 Å². The SMILES string of the molecule is CC(C)c1cc(-c2ccccc2)cc(C(C)C)c1-n1c(-c2csc3cc[c]([Ge]([CH3])([CH3])[CH3])cc23)nc2ccccc21. The molecule has 0 aliphatic heterocycles. The van der Waals surface area contributed by atoms with Crippen LogP contribution in [0.5, 0.6) is 0 Å². The van der Waals surface area contributed by atoms with Gasteiger partial charge in [-0.2, -0.15) is 0 Å². The van der Waals surface area contributed by atoms with Crippen molar-refractivity contribution in [1.82, 2.24) is 9.55 Å². The Morgan fingerprint density at radius 1 is 0.725 bits per heavy atom. The molecule has 0 unspecified atom stereocenters. The summed E-state index contributed by atoms with van der Waals surface area (Å²) in [6.07, 6.45) is 0. The maximum absolute atomic E-state index is 5.34. The number of hydrogen-bond acceptors (Lipinski definition) is 2. The average Bonchev–Trinajstić information content (AvgIpc) is 3.53. The van der Waals surface area contributed by atoms with Crippen LogP contribution in [-0.4, -0.2) is 22.8 Å². The van der Waals surface area contributed by atoms with Crippen molar-refractivity contribution >= 4 is 50.1 Å². The molecule has 0 spiro atoms. The summed E-state index contributed by atoms with van der Waals surface area (Å²) in [4.78, 5) is 5.34. The molecule has 0 atom stereocenters. The summed E-state index contributed by atoms with van der Waals surface area (Å²) in [6, 6.07) is 31.4. The van der Waals surface area contributed by atoms with E-state index in [1.54, 1.807) is 0 Å². The van der Waals surface area contributed by atoms with Crippen molar-refractivity contribution < 1.29 is 0 Å². The Bertz CT molecular complexity index is 1810. The predicted octanol–water partition coefficient (Wildman–Crippen LogP) is 10.4. The number of fused-ring (bicyclic) bond motifs is 2. The van der Waals surface area contributed by atoms with Gasteiger partial charge in [-0.3, -0.25) is 0 Å². The molecule has 4 aromatic carbocycles. The molecule has 6 rings (SSSR count). The zero-order valence-corrected chi connectivity index (χ0v) is 27.5. The Morgan fingerprint density at radius 2 is 1.38 bits per heavy atom. The molecular formula is C36H38GeN2S. The van der Waals surface area contributed by atoms with Gasteiger partial charge >= 0.3 is 228 Å². The van der Waals surface area contributed by atoms with Crippen molar-refractivity contribution in [3.05, 3.63) is 101 Å². The molecule has 202 valence electrons. The molecule has 0 aliphatic carbocycles. The van der Waals surface area contributed by atoms with E-state index in [0.717, 1.165) is 16.9 Å². The van der Waals surface area contributed by atoms with Crippen molar-refractivity contribution in [3.63, 3.8) is 0 Å². The number of benzene rings is 4. The summed E-state index contributed by atoms with van der Waals surface area (Å²) in [5.41, 5.74) is 10.00.